The van der Waals surface area contributed by atoms with Crippen LogP contribution in [0.2, 0.25) is 0 Å². The van der Waals surface area contributed by atoms with Crippen molar-refractivity contribution in [3.05, 3.63) is 60.2 Å². The highest BCUT2D eigenvalue weighted by atomic mass is 32.2. The zero-order chi connectivity index (χ0) is 17.8. The minimum Gasteiger partial charge on any atom is -0.391 e. The number of aliphatic hydroxyl groups excluding tert-OH is 1. The Balaban J connectivity index is 1.98. The van der Waals surface area contributed by atoms with E-state index < -0.39 is 33.4 Å². The van der Waals surface area contributed by atoms with E-state index in [0.717, 1.165) is 23.9 Å². The zero-order valence-corrected chi connectivity index (χ0v) is 14.0. The standard InChI is InChI=1S/C16H15F3O3S2/c17-16(18,19)12-5-4-6-14(9-12)23-10-13(20)11-24(21,22)15-7-2-1-3-8-15/h1-9,13,20H,10-11H2/t13-/m0/s1. The molecule has 130 valence electrons. The second kappa shape index (κ2) is 7.58. The van der Waals surface area contributed by atoms with Gasteiger partial charge in [-0.05, 0) is 30.3 Å². The Bertz CT molecular complexity index is 775. The second-order valence-corrected chi connectivity index (χ2v) is 8.21. The van der Waals surface area contributed by atoms with Gasteiger partial charge in [0.05, 0.1) is 22.3 Å². The molecule has 0 heterocycles. The minimum absolute atomic E-state index is 0.0205. The molecule has 0 radical (unpaired) electrons. The van der Waals surface area contributed by atoms with Gasteiger partial charge in [0.15, 0.2) is 9.84 Å². The molecule has 0 amide bonds. The Morgan fingerprint density at radius 3 is 2.33 bits per heavy atom. The van der Waals surface area contributed by atoms with Crippen molar-refractivity contribution >= 4 is 21.6 Å². The van der Waals surface area contributed by atoms with Crippen LogP contribution in [0.1, 0.15) is 5.56 Å². The first-order valence-electron chi connectivity index (χ1n) is 6.94. The van der Waals surface area contributed by atoms with Gasteiger partial charge in [0.1, 0.15) is 0 Å². The summed E-state index contributed by atoms with van der Waals surface area (Å²) < 4.78 is 62.2. The summed E-state index contributed by atoms with van der Waals surface area (Å²) in [5.41, 5.74) is -0.779. The molecule has 8 heteroatoms. The molecule has 2 aromatic rings. The monoisotopic (exact) mass is 376 g/mol. The molecular weight excluding hydrogens is 361 g/mol. The van der Waals surface area contributed by atoms with Crippen LogP contribution >= 0.6 is 11.8 Å². The third-order valence-electron chi connectivity index (χ3n) is 3.12. The van der Waals surface area contributed by atoms with Gasteiger partial charge in [-0.3, -0.25) is 0 Å². The second-order valence-electron chi connectivity index (χ2n) is 5.08. The summed E-state index contributed by atoms with van der Waals surface area (Å²) in [5.74, 6) is -0.504. The van der Waals surface area contributed by atoms with Crippen molar-refractivity contribution in [2.75, 3.05) is 11.5 Å². The number of benzene rings is 2. The lowest BCUT2D eigenvalue weighted by atomic mass is 10.2. The van der Waals surface area contributed by atoms with Crippen molar-refractivity contribution in [3.63, 3.8) is 0 Å². The van der Waals surface area contributed by atoms with E-state index >= 15 is 0 Å². The summed E-state index contributed by atoms with van der Waals surface area (Å²) in [6, 6.07) is 12.4. The molecule has 0 spiro atoms. The highest BCUT2D eigenvalue weighted by Crippen LogP contribution is 2.32. The molecular formula is C16H15F3O3S2. The number of aliphatic hydroxyl groups is 1. The van der Waals surface area contributed by atoms with Gasteiger partial charge >= 0.3 is 6.18 Å². The first-order valence-corrected chi connectivity index (χ1v) is 9.58. The lowest BCUT2D eigenvalue weighted by Gasteiger charge is -2.12. The fourth-order valence-corrected chi connectivity index (χ4v) is 4.41. The molecule has 0 saturated carbocycles. The molecule has 1 N–H and O–H groups in total. The molecule has 2 aromatic carbocycles. The molecule has 0 aliphatic heterocycles. The first kappa shape index (κ1) is 18.8. The molecule has 3 nitrogen and oxygen atoms in total. The van der Waals surface area contributed by atoms with Gasteiger partial charge in [0.25, 0.3) is 0 Å². The third kappa shape index (κ3) is 5.25. The lowest BCUT2D eigenvalue weighted by molar-refractivity contribution is -0.137. The number of hydrogen-bond acceptors (Lipinski definition) is 4. The maximum Gasteiger partial charge on any atom is 0.416 e. The predicted octanol–water partition coefficient (Wildman–Crippen LogP) is 3.63. The van der Waals surface area contributed by atoms with Crippen molar-refractivity contribution in [1.82, 2.24) is 0 Å². The highest BCUT2D eigenvalue weighted by Gasteiger charge is 2.30. The van der Waals surface area contributed by atoms with Crippen LogP contribution in [0.15, 0.2) is 64.4 Å². The summed E-state index contributed by atoms with van der Waals surface area (Å²) >= 11 is 0.980. The predicted molar refractivity (Wildman–Crippen MR) is 86.7 cm³/mol. The molecule has 0 bridgehead atoms. The van der Waals surface area contributed by atoms with E-state index in [1.54, 1.807) is 18.2 Å². The highest BCUT2D eigenvalue weighted by molar-refractivity contribution is 7.99. The van der Waals surface area contributed by atoms with Gasteiger partial charge in [-0.25, -0.2) is 8.42 Å². The SMILES string of the molecule is O=S(=O)(C[C@@H](O)CSc1cccc(C(F)(F)F)c1)c1ccccc1. The molecule has 1 atom stereocenters. The van der Waals surface area contributed by atoms with Crippen molar-refractivity contribution in [2.24, 2.45) is 0 Å². The van der Waals surface area contributed by atoms with Crippen LogP contribution in [0.4, 0.5) is 13.2 Å². The average molecular weight is 376 g/mol. The molecule has 0 unspecified atom stereocenters. The van der Waals surface area contributed by atoms with Gasteiger partial charge in [0, 0.05) is 10.6 Å². The van der Waals surface area contributed by atoms with E-state index in [1.165, 1.54) is 24.3 Å². The van der Waals surface area contributed by atoms with Crippen LogP contribution in [0.3, 0.4) is 0 Å². The summed E-state index contributed by atoms with van der Waals surface area (Å²) in [6.07, 6.45) is -5.62. The Morgan fingerprint density at radius 2 is 1.71 bits per heavy atom. The van der Waals surface area contributed by atoms with Gasteiger partial charge in [-0.15, -0.1) is 11.8 Å². The summed E-state index contributed by atoms with van der Waals surface area (Å²) in [4.78, 5) is 0.425. The summed E-state index contributed by atoms with van der Waals surface area (Å²) in [7, 11) is -3.64. The van der Waals surface area contributed by atoms with E-state index in [-0.39, 0.29) is 10.6 Å². The van der Waals surface area contributed by atoms with Crippen LogP contribution in [0, 0.1) is 0 Å². The smallest absolute Gasteiger partial charge is 0.391 e. The number of halogens is 3. The Kier molecular flexibility index (Phi) is 5.95. The van der Waals surface area contributed by atoms with Crippen LogP contribution < -0.4 is 0 Å². The van der Waals surface area contributed by atoms with Crippen LogP contribution in [-0.4, -0.2) is 31.1 Å². The van der Waals surface area contributed by atoms with Crippen molar-refractivity contribution < 1.29 is 26.7 Å². The van der Waals surface area contributed by atoms with Crippen LogP contribution in [0.5, 0.6) is 0 Å². The third-order valence-corrected chi connectivity index (χ3v) is 6.07. The van der Waals surface area contributed by atoms with Gasteiger partial charge < -0.3 is 5.11 Å². The van der Waals surface area contributed by atoms with E-state index in [9.17, 15) is 26.7 Å². The summed E-state index contributed by atoms with van der Waals surface area (Å²) in [5, 5.41) is 9.91. The average Bonchev–Trinajstić information content (AvgIpc) is 2.53. The first-order chi connectivity index (χ1) is 11.2. The van der Waals surface area contributed by atoms with Gasteiger partial charge in [-0.1, -0.05) is 24.3 Å². The fraction of sp³-hybridized carbons (Fsp3) is 0.250. The maximum absolute atomic E-state index is 12.6. The number of rotatable bonds is 6. The largest absolute Gasteiger partial charge is 0.416 e. The fourth-order valence-electron chi connectivity index (χ4n) is 1.98. The van der Waals surface area contributed by atoms with Crippen molar-refractivity contribution in [2.45, 2.75) is 22.1 Å². The minimum atomic E-state index is -4.44. The number of hydrogen-bond donors (Lipinski definition) is 1. The molecule has 0 aliphatic rings. The van der Waals surface area contributed by atoms with Crippen LogP contribution in [-0.2, 0) is 16.0 Å². The molecule has 0 fully saturated rings. The van der Waals surface area contributed by atoms with E-state index in [0.29, 0.717) is 4.90 Å². The van der Waals surface area contributed by atoms with Crippen LogP contribution in [0.25, 0.3) is 0 Å². The van der Waals surface area contributed by atoms with Gasteiger partial charge in [-0.2, -0.15) is 13.2 Å². The zero-order valence-electron chi connectivity index (χ0n) is 12.4. The Morgan fingerprint density at radius 1 is 1.04 bits per heavy atom. The maximum atomic E-state index is 12.6. The number of alkyl halides is 3. The Labute approximate surface area is 142 Å². The number of thioether (sulfide) groups is 1. The quantitative estimate of drug-likeness (QED) is 0.783. The normalized spacial score (nSPS) is 13.7. The summed E-state index contributed by atoms with van der Waals surface area (Å²) in [6.45, 7) is 0. The van der Waals surface area contributed by atoms with Crippen molar-refractivity contribution in [1.29, 1.82) is 0 Å². The number of sulfone groups is 1. The van der Waals surface area contributed by atoms with E-state index in [4.69, 9.17) is 0 Å². The van der Waals surface area contributed by atoms with Crippen molar-refractivity contribution in [3.8, 4) is 0 Å². The van der Waals surface area contributed by atoms with E-state index in [1.807, 2.05) is 0 Å². The van der Waals surface area contributed by atoms with E-state index in [2.05, 4.69) is 0 Å². The molecule has 0 aromatic heterocycles. The Hall–Kier alpha value is -1.51. The lowest BCUT2D eigenvalue weighted by Crippen LogP contribution is -2.23. The molecule has 24 heavy (non-hydrogen) atoms. The topological polar surface area (TPSA) is 54.4 Å². The molecule has 2 rings (SSSR count). The molecule has 0 saturated heterocycles. The van der Waals surface area contributed by atoms with Gasteiger partial charge in [0.2, 0.25) is 0 Å². The molecule has 0 aliphatic carbocycles.